The Kier molecular flexibility index (Phi) is 5.77. The number of rotatable bonds is 6. The van der Waals surface area contributed by atoms with Crippen molar-refractivity contribution >= 4 is 34.0 Å². The second-order valence-electron chi connectivity index (χ2n) is 8.16. The molecule has 0 radical (unpaired) electrons. The van der Waals surface area contributed by atoms with E-state index in [-0.39, 0.29) is 5.56 Å². The maximum absolute atomic E-state index is 13.8. The van der Waals surface area contributed by atoms with Crippen molar-refractivity contribution in [1.82, 2.24) is 24.5 Å². The van der Waals surface area contributed by atoms with Gasteiger partial charge in [-0.3, -0.25) is 14.3 Å². The van der Waals surface area contributed by atoms with Gasteiger partial charge < -0.3 is 5.32 Å². The van der Waals surface area contributed by atoms with E-state index >= 15 is 0 Å². The maximum Gasteiger partial charge on any atom is 0.260 e. The summed E-state index contributed by atoms with van der Waals surface area (Å²) >= 11 is 1.51. The summed E-state index contributed by atoms with van der Waals surface area (Å²) in [5, 5.41) is 6.72. The zero-order valence-electron chi connectivity index (χ0n) is 19.1. The lowest BCUT2D eigenvalue weighted by Crippen LogP contribution is -2.23. The van der Waals surface area contributed by atoms with Gasteiger partial charge in [-0.15, -0.1) is 11.3 Å². The molecule has 0 aliphatic heterocycles. The average molecular weight is 489 g/mol. The molecule has 6 rings (SSSR count). The Bertz CT molecular complexity index is 1680. The molecule has 0 saturated heterocycles. The van der Waals surface area contributed by atoms with Crippen molar-refractivity contribution in [2.75, 3.05) is 5.32 Å². The molecule has 8 heteroatoms. The first-order valence-corrected chi connectivity index (χ1v) is 12.2. The Morgan fingerprint density at radius 1 is 0.833 bits per heavy atom. The monoisotopic (exact) mass is 488 g/mol. The average Bonchev–Trinajstić information content (AvgIpc) is 3.45. The van der Waals surface area contributed by atoms with Crippen LogP contribution in [-0.2, 0) is 6.54 Å². The zero-order valence-corrected chi connectivity index (χ0v) is 19.9. The lowest BCUT2D eigenvalue weighted by atomic mass is 10.0. The van der Waals surface area contributed by atoms with Gasteiger partial charge in [0.15, 0.2) is 0 Å². The number of thiazole rings is 1. The van der Waals surface area contributed by atoms with Crippen molar-refractivity contribution < 1.29 is 0 Å². The number of para-hydroxylation sites is 1. The van der Waals surface area contributed by atoms with Gasteiger partial charge in [0.25, 0.3) is 5.56 Å². The number of nitrogens with one attached hydrogen (secondary N) is 1. The third kappa shape index (κ3) is 4.37. The number of aromatic nitrogens is 5. The molecule has 0 saturated carbocycles. The van der Waals surface area contributed by atoms with Gasteiger partial charge in [-0.05, 0) is 41.0 Å². The Balaban J connectivity index is 1.45. The van der Waals surface area contributed by atoms with Crippen LogP contribution in [0.25, 0.3) is 33.3 Å². The van der Waals surface area contributed by atoms with Crippen molar-refractivity contribution in [3.63, 3.8) is 0 Å². The molecule has 4 heterocycles. The predicted molar refractivity (Wildman–Crippen MR) is 143 cm³/mol. The summed E-state index contributed by atoms with van der Waals surface area (Å²) in [5.41, 5.74) is 4.77. The predicted octanol–water partition coefficient (Wildman–Crippen LogP) is 5.77. The number of hydrogen-bond donors (Lipinski definition) is 1. The van der Waals surface area contributed by atoms with Crippen LogP contribution in [0.15, 0.2) is 108 Å². The summed E-state index contributed by atoms with van der Waals surface area (Å²) in [4.78, 5) is 31.6. The molecule has 2 aromatic carbocycles. The molecular weight excluding hydrogens is 468 g/mol. The minimum Gasteiger partial charge on any atom is -0.324 e. The first-order valence-electron chi connectivity index (χ1n) is 11.4. The van der Waals surface area contributed by atoms with Crippen molar-refractivity contribution in [2.45, 2.75) is 6.54 Å². The Morgan fingerprint density at radius 3 is 2.42 bits per heavy atom. The summed E-state index contributed by atoms with van der Waals surface area (Å²) in [5.74, 6) is 0.426. The van der Waals surface area contributed by atoms with E-state index in [0.717, 1.165) is 32.8 Å². The summed E-state index contributed by atoms with van der Waals surface area (Å²) in [6, 6.07) is 23.4. The number of nitrogens with zero attached hydrogens (tertiary/aromatic N) is 5. The molecule has 0 spiro atoms. The lowest BCUT2D eigenvalue weighted by molar-refractivity contribution is 0.778. The molecule has 0 aliphatic carbocycles. The quantitative estimate of drug-likeness (QED) is 0.320. The van der Waals surface area contributed by atoms with Crippen molar-refractivity contribution in [3.05, 3.63) is 118 Å². The lowest BCUT2D eigenvalue weighted by Gasteiger charge is -2.13. The Hall–Kier alpha value is -4.69. The molecule has 0 atom stereocenters. The van der Waals surface area contributed by atoms with E-state index in [1.807, 2.05) is 84.4 Å². The van der Waals surface area contributed by atoms with Crippen LogP contribution in [0.2, 0.25) is 0 Å². The highest BCUT2D eigenvalue weighted by atomic mass is 32.1. The molecule has 0 aliphatic rings. The SMILES string of the molecule is O=c1c(-c2ccc(-c3cccnc3)cc2)cc2cnc(Nc3ccccc3)nc2n1Cc1nccs1. The number of pyridine rings is 2. The van der Waals surface area contributed by atoms with Crippen LogP contribution in [0.3, 0.4) is 0 Å². The molecule has 36 heavy (non-hydrogen) atoms. The molecule has 0 bridgehead atoms. The topological polar surface area (TPSA) is 85.6 Å². The third-order valence-electron chi connectivity index (χ3n) is 5.82. The number of benzene rings is 2. The van der Waals surface area contributed by atoms with Crippen LogP contribution in [0.5, 0.6) is 0 Å². The molecule has 174 valence electrons. The van der Waals surface area contributed by atoms with E-state index in [1.165, 1.54) is 11.3 Å². The van der Waals surface area contributed by atoms with Crippen LogP contribution in [0.1, 0.15) is 5.01 Å². The fourth-order valence-electron chi connectivity index (χ4n) is 4.07. The van der Waals surface area contributed by atoms with Gasteiger partial charge >= 0.3 is 0 Å². The molecule has 0 fully saturated rings. The normalized spacial score (nSPS) is 11.0. The van der Waals surface area contributed by atoms with Crippen molar-refractivity contribution in [1.29, 1.82) is 0 Å². The molecule has 1 N–H and O–H groups in total. The van der Waals surface area contributed by atoms with Crippen LogP contribution in [0.4, 0.5) is 11.6 Å². The van der Waals surface area contributed by atoms with Gasteiger partial charge in [-0.1, -0.05) is 48.5 Å². The van der Waals surface area contributed by atoms with E-state index in [2.05, 4.69) is 20.3 Å². The van der Waals surface area contributed by atoms with Crippen molar-refractivity contribution in [2.24, 2.45) is 0 Å². The summed E-state index contributed by atoms with van der Waals surface area (Å²) < 4.78 is 1.68. The Labute approximate surface area is 210 Å². The minimum atomic E-state index is -0.129. The van der Waals surface area contributed by atoms with Crippen LogP contribution < -0.4 is 10.9 Å². The standard InChI is InChI=1S/C28H20N6OS/c35-27-24(20-10-8-19(9-11-20)21-5-4-12-29-16-21)15-22-17-31-28(32-23-6-2-1-3-7-23)33-26(22)34(27)18-25-30-13-14-36-25/h1-17H,18H2,(H,31,32,33). The highest BCUT2D eigenvalue weighted by Crippen LogP contribution is 2.25. The molecule has 7 nitrogen and oxygen atoms in total. The molecule has 4 aromatic heterocycles. The highest BCUT2D eigenvalue weighted by Gasteiger charge is 2.15. The molecule has 6 aromatic rings. The summed E-state index contributed by atoms with van der Waals surface area (Å²) in [6.07, 6.45) is 7.07. The van der Waals surface area contributed by atoms with Crippen LogP contribution in [0, 0.1) is 0 Å². The maximum atomic E-state index is 13.8. The fraction of sp³-hybridized carbons (Fsp3) is 0.0357. The Morgan fingerprint density at radius 2 is 1.67 bits per heavy atom. The number of fused-ring (bicyclic) bond motifs is 1. The number of hydrogen-bond acceptors (Lipinski definition) is 7. The summed E-state index contributed by atoms with van der Waals surface area (Å²) in [6.45, 7) is 0.330. The van der Waals surface area contributed by atoms with E-state index in [1.54, 1.807) is 23.2 Å². The second kappa shape index (κ2) is 9.52. The highest BCUT2D eigenvalue weighted by molar-refractivity contribution is 7.09. The number of anilines is 2. The zero-order chi connectivity index (χ0) is 24.3. The van der Waals surface area contributed by atoms with Gasteiger partial charge in [0.05, 0.1) is 6.54 Å². The van der Waals surface area contributed by atoms with Gasteiger partial charge in [-0.2, -0.15) is 4.98 Å². The van der Waals surface area contributed by atoms with Crippen LogP contribution >= 0.6 is 11.3 Å². The van der Waals surface area contributed by atoms with Crippen molar-refractivity contribution in [3.8, 4) is 22.3 Å². The first-order chi connectivity index (χ1) is 17.7. The molecule has 0 amide bonds. The van der Waals surface area contributed by atoms with Gasteiger partial charge in [0.2, 0.25) is 5.95 Å². The largest absolute Gasteiger partial charge is 0.324 e. The van der Waals surface area contributed by atoms with Crippen LogP contribution in [-0.4, -0.2) is 24.5 Å². The first kappa shape index (κ1) is 21.8. The van der Waals surface area contributed by atoms with Gasteiger partial charge in [0.1, 0.15) is 10.7 Å². The van der Waals surface area contributed by atoms with E-state index < -0.39 is 0 Å². The molecule has 0 unspecified atom stereocenters. The van der Waals surface area contributed by atoms with Gasteiger partial charge in [0, 0.05) is 46.8 Å². The second-order valence-corrected chi connectivity index (χ2v) is 9.14. The fourth-order valence-corrected chi connectivity index (χ4v) is 4.67. The van der Waals surface area contributed by atoms with E-state index in [4.69, 9.17) is 4.98 Å². The van der Waals surface area contributed by atoms with E-state index in [9.17, 15) is 4.79 Å². The van der Waals surface area contributed by atoms with E-state index in [0.29, 0.717) is 23.7 Å². The smallest absolute Gasteiger partial charge is 0.260 e. The summed E-state index contributed by atoms with van der Waals surface area (Å²) in [7, 11) is 0. The molecular formula is C28H20N6OS. The van der Waals surface area contributed by atoms with Gasteiger partial charge in [-0.25, -0.2) is 9.97 Å². The third-order valence-corrected chi connectivity index (χ3v) is 6.59. The minimum absolute atomic E-state index is 0.129.